The van der Waals surface area contributed by atoms with Crippen molar-refractivity contribution in [3.8, 4) is 17.0 Å². The molecule has 1 aromatic heterocycles. The Bertz CT molecular complexity index is 1100. The molecule has 148 valence electrons. The Morgan fingerprint density at radius 2 is 1.97 bits per heavy atom. The Hall–Kier alpha value is -3.48. The predicted molar refractivity (Wildman–Crippen MR) is 106 cm³/mol. The monoisotopic (exact) mass is 392 g/mol. The van der Waals surface area contributed by atoms with E-state index in [4.69, 9.17) is 19.4 Å². The van der Waals surface area contributed by atoms with Gasteiger partial charge in [-0.05, 0) is 30.5 Å². The van der Waals surface area contributed by atoms with Crippen molar-refractivity contribution in [1.29, 1.82) is 0 Å². The molecule has 0 spiro atoms. The van der Waals surface area contributed by atoms with Crippen molar-refractivity contribution in [3.63, 3.8) is 0 Å². The van der Waals surface area contributed by atoms with Crippen molar-refractivity contribution in [2.75, 3.05) is 13.7 Å². The number of benzene rings is 2. The number of aromatic nitrogens is 2. The predicted octanol–water partition coefficient (Wildman–Crippen LogP) is 3.33. The summed E-state index contributed by atoms with van der Waals surface area (Å²) in [5.74, 6) is -0.218. The van der Waals surface area contributed by atoms with Crippen LogP contribution in [0, 0.1) is 0 Å². The Kier molecular flexibility index (Phi) is 4.88. The highest BCUT2D eigenvalue weighted by molar-refractivity contribution is 5.85. The van der Waals surface area contributed by atoms with Crippen LogP contribution in [0.2, 0.25) is 0 Å². The van der Waals surface area contributed by atoms with E-state index in [9.17, 15) is 14.7 Å². The number of carbonyl (C=O) groups excluding carboxylic acids is 1. The quantitative estimate of drug-likeness (QED) is 0.464. The molecule has 0 saturated heterocycles. The van der Waals surface area contributed by atoms with E-state index in [0.717, 1.165) is 28.0 Å². The molecule has 0 amide bonds. The first kappa shape index (κ1) is 18.9. The van der Waals surface area contributed by atoms with Gasteiger partial charge in [-0.3, -0.25) is 9.59 Å². The van der Waals surface area contributed by atoms with E-state index in [0.29, 0.717) is 30.6 Å². The fourth-order valence-electron chi connectivity index (χ4n) is 4.15. The Balaban J connectivity index is 1.95. The second-order valence-electron chi connectivity index (χ2n) is 7.01. The second-order valence-corrected chi connectivity index (χ2v) is 7.01. The van der Waals surface area contributed by atoms with Gasteiger partial charge >= 0.3 is 5.97 Å². The van der Waals surface area contributed by atoms with Crippen molar-refractivity contribution >= 4 is 23.5 Å². The first-order valence-corrected chi connectivity index (χ1v) is 9.32. The van der Waals surface area contributed by atoms with Gasteiger partial charge in [0.25, 0.3) is 6.47 Å². The van der Waals surface area contributed by atoms with Crippen LogP contribution in [0.15, 0.2) is 42.5 Å². The number of carboxylic acid groups (broad SMARTS) is 1. The van der Waals surface area contributed by atoms with Crippen molar-refractivity contribution in [2.45, 2.75) is 24.7 Å². The summed E-state index contributed by atoms with van der Waals surface area (Å²) in [6.07, 6.45) is 0.721. The molecule has 2 aromatic carbocycles. The molecular formula is C22H20N2O5. The van der Waals surface area contributed by atoms with Crippen LogP contribution >= 0.6 is 0 Å². The molecule has 0 fully saturated rings. The fraction of sp³-hybridized carbons (Fsp3) is 0.273. The van der Waals surface area contributed by atoms with Gasteiger partial charge in [-0.2, -0.15) is 0 Å². The van der Waals surface area contributed by atoms with Gasteiger partial charge in [-0.25, -0.2) is 9.97 Å². The molecule has 7 heteroatoms. The SMILES string of the molecule is COc1ccc2nc3c(nc2c1)C(CCOC=O)(CCC(=O)O)c1ccccc1-3. The number of carbonyl (C=O) groups is 2. The summed E-state index contributed by atoms with van der Waals surface area (Å²) in [4.78, 5) is 31.9. The summed E-state index contributed by atoms with van der Waals surface area (Å²) in [5, 5.41) is 9.36. The van der Waals surface area contributed by atoms with Crippen molar-refractivity contribution in [2.24, 2.45) is 0 Å². The number of aliphatic carboxylic acids is 1. The lowest BCUT2D eigenvalue weighted by Crippen LogP contribution is -2.29. The third kappa shape index (κ3) is 3.18. The van der Waals surface area contributed by atoms with Gasteiger partial charge in [-0.1, -0.05) is 24.3 Å². The summed E-state index contributed by atoms with van der Waals surface area (Å²) >= 11 is 0. The number of ether oxygens (including phenoxy) is 2. The largest absolute Gasteiger partial charge is 0.497 e. The number of nitrogens with zero attached hydrogens (tertiary/aromatic N) is 2. The van der Waals surface area contributed by atoms with Gasteiger partial charge in [0.1, 0.15) is 5.75 Å². The summed E-state index contributed by atoms with van der Waals surface area (Å²) in [6.45, 7) is 0.568. The maximum atomic E-state index is 11.4. The van der Waals surface area contributed by atoms with Crippen LogP contribution in [0.4, 0.5) is 0 Å². The molecule has 7 nitrogen and oxygen atoms in total. The van der Waals surface area contributed by atoms with Crippen molar-refractivity contribution in [1.82, 2.24) is 9.97 Å². The molecule has 1 aliphatic carbocycles. The van der Waals surface area contributed by atoms with E-state index >= 15 is 0 Å². The second kappa shape index (κ2) is 7.50. The molecule has 0 radical (unpaired) electrons. The molecule has 1 atom stereocenters. The van der Waals surface area contributed by atoms with Crippen LogP contribution in [0.25, 0.3) is 22.3 Å². The molecule has 0 aliphatic heterocycles. The minimum Gasteiger partial charge on any atom is -0.497 e. The van der Waals surface area contributed by atoms with Gasteiger partial charge in [0.05, 0.1) is 36.1 Å². The first-order chi connectivity index (χ1) is 14.1. The zero-order valence-electron chi connectivity index (χ0n) is 15.9. The van der Waals surface area contributed by atoms with E-state index in [1.165, 1.54) is 0 Å². The fourth-order valence-corrected chi connectivity index (χ4v) is 4.15. The highest BCUT2D eigenvalue weighted by Gasteiger charge is 2.45. The average Bonchev–Trinajstić information content (AvgIpc) is 3.00. The molecule has 1 unspecified atom stereocenters. The third-order valence-corrected chi connectivity index (χ3v) is 5.50. The van der Waals surface area contributed by atoms with E-state index in [-0.39, 0.29) is 13.0 Å². The molecule has 1 heterocycles. The topological polar surface area (TPSA) is 98.6 Å². The smallest absolute Gasteiger partial charge is 0.303 e. The van der Waals surface area contributed by atoms with E-state index < -0.39 is 11.4 Å². The van der Waals surface area contributed by atoms with Gasteiger partial charge in [0.2, 0.25) is 0 Å². The molecular weight excluding hydrogens is 372 g/mol. The maximum absolute atomic E-state index is 11.4. The number of methoxy groups -OCH3 is 1. The summed E-state index contributed by atoms with van der Waals surface area (Å²) in [7, 11) is 1.59. The van der Waals surface area contributed by atoms with Crippen molar-refractivity contribution in [3.05, 3.63) is 53.7 Å². The molecule has 0 bridgehead atoms. The normalized spacial score (nSPS) is 16.9. The minimum atomic E-state index is -0.887. The minimum absolute atomic E-state index is 0.0350. The molecule has 0 saturated carbocycles. The maximum Gasteiger partial charge on any atom is 0.303 e. The Morgan fingerprint density at radius 3 is 2.72 bits per heavy atom. The Morgan fingerprint density at radius 1 is 1.14 bits per heavy atom. The standard InChI is InChI=1S/C22H20N2O5/c1-28-14-6-7-17-18(12-14)24-21-20(23-17)15-4-2-3-5-16(15)22(21,9-8-19(26)27)10-11-29-13-25/h2-7,12-13H,8-11H2,1H3,(H,26,27). The van der Waals surface area contributed by atoms with Crippen LogP contribution in [0.5, 0.6) is 5.75 Å². The van der Waals surface area contributed by atoms with Gasteiger partial charge < -0.3 is 14.6 Å². The van der Waals surface area contributed by atoms with Crippen LogP contribution < -0.4 is 4.74 Å². The molecule has 29 heavy (non-hydrogen) atoms. The van der Waals surface area contributed by atoms with E-state index in [1.54, 1.807) is 7.11 Å². The highest BCUT2D eigenvalue weighted by atomic mass is 16.5. The van der Waals surface area contributed by atoms with Crippen LogP contribution in [0.3, 0.4) is 0 Å². The Labute approximate surface area is 167 Å². The molecule has 1 aliphatic rings. The number of hydrogen-bond donors (Lipinski definition) is 1. The summed E-state index contributed by atoms with van der Waals surface area (Å²) in [6, 6.07) is 13.3. The number of carboxylic acids is 1. The highest BCUT2D eigenvalue weighted by Crippen LogP contribution is 2.52. The average molecular weight is 392 g/mol. The number of rotatable bonds is 8. The zero-order chi connectivity index (χ0) is 20.4. The van der Waals surface area contributed by atoms with E-state index in [1.807, 2.05) is 42.5 Å². The van der Waals surface area contributed by atoms with Crippen LogP contribution in [-0.4, -0.2) is 41.2 Å². The lowest BCUT2D eigenvalue weighted by molar-refractivity contribution is -0.137. The zero-order valence-corrected chi connectivity index (χ0v) is 15.9. The number of fused-ring (bicyclic) bond motifs is 4. The van der Waals surface area contributed by atoms with Gasteiger partial charge in [0, 0.05) is 23.5 Å². The summed E-state index contributed by atoms with van der Waals surface area (Å²) < 4.78 is 10.3. The van der Waals surface area contributed by atoms with Crippen LogP contribution in [0.1, 0.15) is 30.5 Å². The number of hydrogen-bond acceptors (Lipinski definition) is 6. The summed E-state index contributed by atoms with van der Waals surface area (Å²) in [5.41, 5.74) is 4.07. The van der Waals surface area contributed by atoms with Crippen molar-refractivity contribution < 1.29 is 24.2 Å². The van der Waals surface area contributed by atoms with Gasteiger partial charge in [-0.15, -0.1) is 0 Å². The molecule has 3 aromatic rings. The van der Waals surface area contributed by atoms with Gasteiger partial charge in [0.15, 0.2) is 0 Å². The van der Waals surface area contributed by atoms with Crippen LogP contribution in [-0.2, 0) is 19.7 Å². The third-order valence-electron chi connectivity index (χ3n) is 5.50. The molecule has 1 N–H and O–H groups in total. The molecule has 4 rings (SSSR count). The van der Waals surface area contributed by atoms with E-state index in [2.05, 4.69) is 0 Å². The first-order valence-electron chi connectivity index (χ1n) is 9.32. The lowest BCUT2D eigenvalue weighted by atomic mass is 9.74. The lowest BCUT2D eigenvalue weighted by Gasteiger charge is -2.30.